The standard InChI is InChI=1S/C17H24F3N3O2/c1-21-17(23(2)8-9-24-11-12-6-7-12)22-10-13-14(18)4-3-5-15(13)25-16(19)20/h3-5,12,16H,6-11H2,1-2H3,(H,21,22). The predicted octanol–water partition coefficient (Wildman–Crippen LogP) is 2.86. The molecule has 25 heavy (non-hydrogen) atoms. The molecule has 140 valence electrons. The number of guanidine groups is 1. The molecule has 0 heterocycles. The van der Waals surface area contributed by atoms with Crippen molar-refractivity contribution in [2.45, 2.75) is 26.0 Å². The molecule has 1 aromatic rings. The zero-order valence-corrected chi connectivity index (χ0v) is 14.5. The third kappa shape index (κ3) is 6.45. The van der Waals surface area contributed by atoms with Gasteiger partial charge in [0.1, 0.15) is 11.6 Å². The quantitative estimate of drug-likeness (QED) is 0.418. The summed E-state index contributed by atoms with van der Waals surface area (Å²) in [6, 6.07) is 3.84. The van der Waals surface area contributed by atoms with Crippen LogP contribution in [0, 0.1) is 11.7 Å². The molecular formula is C17H24F3N3O2. The van der Waals surface area contributed by atoms with Crippen molar-refractivity contribution in [2.24, 2.45) is 10.9 Å². The molecule has 1 aliphatic rings. The monoisotopic (exact) mass is 359 g/mol. The Morgan fingerprint density at radius 2 is 2.16 bits per heavy atom. The molecule has 0 aromatic heterocycles. The van der Waals surface area contributed by atoms with Crippen molar-refractivity contribution in [3.63, 3.8) is 0 Å². The molecule has 1 fully saturated rings. The second-order valence-corrected chi connectivity index (χ2v) is 5.94. The molecule has 0 saturated heterocycles. The summed E-state index contributed by atoms with van der Waals surface area (Å²) in [5, 5.41) is 2.96. The van der Waals surface area contributed by atoms with Gasteiger partial charge in [0.05, 0.1) is 6.61 Å². The van der Waals surface area contributed by atoms with Gasteiger partial charge in [-0.3, -0.25) is 4.99 Å². The Morgan fingerprint density at radius 1 is 1.40 bits per heavy atom. The lowest BCUT2D eigenvalue weighted by Gasteiger charge is -2.22. The fourth-order valence-electron chi connectivity index (χ4n) is 2.31. The molecule has 1 aromatic carbocycles. The van der Waals surface area contributed by atoms with Gasteiger partial charge in [-0.25, -0.2) is 4.39 Å². The SMILES string of the molecule is CN=C(NCc1c(F)cccc1OC(F)F)N(C)CCOCC1CC1. The van der Waals surface area contributed by atoms with Crippen molar-refractivity contribution in [3.8, 4) is 5.75 Å². The zero-order chi connectivity index (χ0) is 18.2. The first-order chi connectivity index (χ1) is 12.0. The molecule has 1 aliphatic carbocycles. The van der Waals surface area contributed by atoms with E-state index in [0.717, 1.165) is 6.61 Å². The van der Waals surface area contributed by atoms with Crippen LogP contribution in [0.25, 0.3) is 0 Å². The molecule has 0 unspecified atom stereocenters. The molecule has 0 atom stereocenters. The Hall–Kier alpha value is -1.96. The van der Waals surface area contributed by atoms with Crippen molar-refractivity contribution in [2.75, 3.05) is 33.9 Å². The largest absolute Gasteiger partial charge is 0.434 e. The van der Waals surface area contributed by atoms with E-state index in [1.54, 1.807) is 7.05 Å². The van der Waals surface area contributed by atoms with Crippen LogP contribution in [-0.2, 0) is 11.3 Å². The summed E-state index contributed by atoms with van der Waals surface area (Å²) in [6.45, 7) is -1.07. The highest BCUT2D eigenvalue weighted by molar-refractivity contribution is 5.79. The normalized spacial score (nSPS) is 14.7. The summed E-state index contributed by atoms with van der Waals surface area (Å²) < 4.78 is 48.8. The fraction of sp³-hybridized carbons (Fsp3) is 0.588. The Bertz CT molecular complexity index is 580. The molecule has 0 spiro atoms. The number of nitrogens with zero attached hydrogens (tertiary/aromatic N) is 2. The smallest absolute Gasteiger partial charge is 0.387 e. The number of hydrogen-bond acceptors (Lipinski definition) is 3. The van der Waals surface area contributed by atoms with E-state index in [2.05, 4.69) is 15.0 Å². The number of aliphatic imine (C=N–C) groups is 1. The number of hydrogen-bond donors (Lipinski definition) is 1. The topological polar surface area (TPSA) is 46.1 Å². The first-order valence-corrected chi connectivity index (χ1v) is 8.23. The van der Waals surface area contributed by atoms with Gasteiger partial charge in [0.15, 0.2) is 5.96 Å². The van der Waals surface area contributed by atoms with Crippen LogP contribution in [0.3, 0.4) is 0 Å². The van der Waals surface area contributed by atoms with Crippen LogP contribution < -0.4 is 10.1 Å². The lowest BCUT2D eigenvalue weighted by atomic mass is 10.2. The van der Waals surface area contributed by atoms with Crippen molar-refractivity contribution in [1.29, 1.82) is 0 Å². The number of benzene rings is 1. The van der Waals surface area contributed by atoms with E-state index in [-0.39, 0.29) is 17.9 Å². The molecule has 1 saturated carbocycles. The van der Waals surface area contributed by atoms with E-state index >= 15 is 0 Å². The molecule has 0 bridgehead atoms. The third-order valence-corrected chi connectivity index (χ3v) is 3.91. The van der Waals surface area contributed by atoms with E-state index in [0.29, 0.717) is 25.0 Å². The Labute approximate surface area is 145 Å². The van der Waals surface area contributed by atoms with Crippen molar-refractivity contribution in [3.05, 3.63) is 29.6 Å². The van der Waals surface area contributed by atoms with Crippen LogP contribution >= 0.6 is 0 Å². The number of alkyl halides is 2. The zero-order valence-electron chi connectivity index (χ0n) is 14.5. The fourth-order valence-corrected chi connectivity index (χ4v) is 2.31. The van der Waals surface area contributed by atoms with Gasteiger partial charge in [-0.2, -0.15) is 8.78 Å². The molecule has 8 heteroatoms. The van der Waals surface area contributed by atoms with Gasteiger partial charge < -0.3 is 19.7 Å². The van der Waals surface area contributed by atoms with Gasteiger partial charge in [-0.05, 0) is 30.9 Å². The van der Waals surface area contributed by atoms with Gasteiger partial charge in [-0.1, -0.05) is 6.07 Å². The van der Waals surface area contributed by atoms with Crippen molar-refractivity contribution in [1.82, 2.24) is 10.2 Å². The van der Waals surface area contributed by atoms with Gasteiger partial charge in [0, 0.05) is 39.4 Å². The molecule has 5 nitrogen and oxygen atoms in total. The minimum absolute atomic E-state index is 0.0192. The van der Waals surface area contributed by atoms with Crippen LogP contribution in [0.1, 0.15) is 18.4 Å². The summed E-state index contributed by atoms with van der Waals surface area (Å²) >= 11 is 0. The molecule has 0 amide bonds. The van der Waals surface area contributed by atoms with E-state index in [9.17, 15) is 13.2 Å². The second-order valence-electron chi connectivity index (χ2n) is 5.94. The second kappa shape index (κ2) is 9.50. The Kier molecular flexibility index (Phi) is 7.36. The van der Waals surface area contributed by atoms with Crippen LogP contribution in [0.15, 0.2) is 23.2 Å². The highest BCUT2D eigenvalue weighted by Gasteiger charge is 2.21. The van der Waals surface area contributed by atoms with Gasteiger partial charge in [0.2, 0.25) is 0 Å². The summed E-state index contributed by atoms with van der Waals surface area (Å²) in [5.41, 5.74) is 0.0299. The van der Waals surface area contributed by atoms with Crippen LogP contribution in [0.5, 0.6) is 5.75 Å². The molecule has 2 rings (SSSR count). The van der Waals surface area contributed by atoms with E-state index in [1.807, 2.05) is 11.9 Å². The van der Waals surface area contributed by atoms with Crippen LogP contribution in [-0.4, -0.2) is 51.3 Å². The lowest BCUT2D eigenvalue weighted by molar-refractivity contribution is -0.0506. The number of likely N-dealkylation sites (N-methyl/N-ethyl adjacent to an activating group) is 1. The van der Waals surface area contributed by atoms with Crippen LogP contribution in [0.2, 0.25) is 0 Å². The first kappa shape index (κ1) is 19.4. The maximum Gasteiger partial charge on any atom is 0.387 e. The number of nitrogens with one attached hydrogen (secondary N) is 1. The minimum Gasteiger partial charge on any atom is -0.434 e. The number of rotatable bonds is 9. The molecule has 1 N–H and O–H groups in total. The Morgan fingerprint density at radius 3 is 2.80 bits per heavy atom. The summed E-state index contributed by atoms with van der Waals surface area (Å²) in [4.78, 5) is 5.95. The van der Waals surface area contributed by atoms with Gasteiger partial charge in [0.25, 0.3) is 0 Å². The highest BCUT2D eigenvalue weighted by Crippen LogP contribution is 2.28. The summed E-state index contributed by atoms with van der Waals surface area (Å²) in [6.07, 6.45) is 2.48. The Balaban J connectivity index is 1.86. The van der Waals surface area contributed by atoms with Gasteiger partial charge >= 0.3 is 6.61 Å². The van der Waals surface area contributed by atoms with Gasteiger partial charge in [-0.15, -0.1) is 0 Å². The van der Waals surface area contributed by atoms with Crippen molar-refractivity contribution >= 4 is 5.96 Å². The van der Waals surface area contributed by atoms with Crippen LogP contribution in [0.4, 0.5) is 13.2 Å². The first-order valence-electron chi connectivity index (χ1n) is 8.23. The summed E-state index contributed by atoms with van der Waals surface area (Å²) in [7, 11) is 3.43. The highest BCUT2D eigenvalue weighted by atomic mass is 19.3. The van der Waals surface area contributed by atoms with E-state index < -0.39 is 12.4 Å². The number of halogens is 3. The molecular weight excluding hydrogens is 335 g/mol. The summed E-state index contributed by atoms with van der Waals surface area (Å²) in [5.74, 6) is 0.420. The predicted molar refractivity (Wildman–Crippen MR) is 89.4 cm³/mol. The minimum atomic E-state index is -3.01. The van der Waals surface area contributed by atoms with Crippen molar-refractivity contribution < 1.29 is 22.6 Å². The maximum absolute atomic E-state index is 13.9. The third-order valence-electron chi connectivity index (χ3n) is 3.91. The van der Waals surface area contributed by atoms with E-state index in [4.69, 9.17) is 4.74 Å². The average molecular weight is 359 g/mol. The van der Waals surface area contributed by atoms with E-state index in [1.165, 1.54) is 31.0 Å². The maximum atomic E-state index is 13.9. The average Bonchev–Trinajstić information content (AvgIpc) is 3.38. The number of ether oxygens (including phenoxy) is 2. The molecule has 0 radical (unpaired) electrons. The lowest BCUT2D eigenvalue weighted by Crippen LogP contribution is -2.40. The molecule has 0 aliphatic heterocycles.